The summed E-state index contributed by atoms with van der Waals surface area (Å²) < 4.78 is 48.9. The second-order valence-electron chi connectivity index (χ2n) is 9.19. The lowest BCUT2D eigenvalue weighted by molar-refractivity contribution is -0.149. The summed E-state index contributed by atoms with van der Waals surface area (Å²) in [5.74, 6) is -0.409. The molecule has 3 aliphatic rings. The molecule has 0 unspecified atom stereocenters. The standard InChI is InChI=1S/C23H30F3N3O5/c24-23(25,26)12-27-20(31)10-15-9-17-16-8-14(29-22(32)28-13-4-2-1-3-5-13)6-7-18(16)34-21(17)19(11-30)33-15/h6-8,13,15,17,19,21,30H,1-5,9-12H2,(H,27,31)(H2,28,29,32)/t15-,17-,19-,21+/m1/s1. The van der Waals surface area contributed by atoms with E-state index in [4.69, 9.17) is 9.47 Å². The molecule has 1 saturated carbocycles. The number of benzene rings is 1. The molecule has 4 rings (SSSR count). The van der Waals surface area contributed by atoms with Crippen molar-refractivity contribution in [2.45, 2.75) is 81.4 Å². The lowest BCUT2D eigenvalue weighted by atomic mass is 9.84. The SMILES string of the molecule is O=C(C[C@H]1C[C@@H]2c3cc(NC(=O)NC4CCCCC4)ccc3O[C@@H]2[C@@H](CO)O1)NCC(F)(F)F. The van der Waals surface area contributed by atoms with Gasteiger partial charge in [0.25, 0.3) is 0 Å². The second kappa shape index (κ2) is 10.4. The highest BCUT2D eigenvalue weighted by Crippen LogP contribution is 2.47. The van der Waals surface area contributed by atoms with Crippen LogP contribution in [0.4, 0.5) is 23.7 Å². The first kappa shape index (κ1) is 24.6. The zero-order chi connectivity index (χ0) is 24.3. The summed E-state index contributed by atoms with van der Waals surface area (Å²) in [6.07, 6.45) is -0.959. The molecular weight excluding hydrogens is 455 g/mol. The Bertz CT molecular complexity index is 891. The molecule has 2 fully saturated rings. The molecule has 188 valence electrons. The number of urea groups is 1. The minimum absolute atomic E-state index is 0.168. The predicted octanol–water partition coefficient (Wildman–Crippen LogP) is 3.20. The van der Waals surface area contributed by atoms with Gasteiger partial charge in [-0.15, -0.1) is 0 Å². The van der Waals surface area contributed by atoms with Crippen LogP contribution in [0.5, 0.6) is 5.75 Å². The maximum Gasteiger partial charge on any atom is 0.405 e. The normalized spacial score (nSPS) is 26.7. The fourth-order valence-electron chi connectivity index (χ4n) is 5.04. The summed E-state index contributed by atoms with van der Waals surface area (Å²) in [5, 5.41) is 17.5. The summed E-state index contributed by atoms with van der Waals surface area (Å²) in [5.41, 5.74) is 1.39. The molecule has 1 aromatic rings. The highest BCUT2D eigenvalue weighted by atomic mass is 19.4. The Kier molecular flexibility index (Phi) is 7.51. The maximum atomic E-state index is 12.4. The van der Waals surface area contributed by atoms with Crippen molar-refractivity contribution in [3.8, 4) is 5.75 Å². The number of fused-ring (bicyclic) bond motifs is 3. The van der Waals surface area contributed by atoms with Gasteiger partial charge < -0.3 is 30.5 Å². The molecule has 0 bridgehead atoms. The number of ether oxygens (including phenoxy) is 2. The molecule has 11 heteroatoms. The van der Waals surface area contributed by atoms with Gasteiger partial charge in [0.15, 0.2) is 0 Å². The van der Waals surface area contributed by atoms with Gasteiger partial charge in [-0.1, -0.05) is 19.3 Å². The van der Waals surface area contributed by atoms with E-state index in [0.717, 1.165) is 31.2 Å². The Labute approximate surface area is 195 Å². The van der Waals surface area contributed by atoms with Gasteiger partial charge in [0, 0.05) is 23.2 Å². The van der Waals surface area contributed by atoms with E-state index >= 15 is 0 Å². The quantitative estimate of drug-likeness (QED) is 0.495. The Balaban J connectivity index is 1.40. The minimum Gasteiger partial charge on any atom is -0.487 e. The maximum absolute atomic E-state index is 12.4. The molecule has 1 saturated heterocycles. The highest BCUT2D eigenvalue weighted by molar-refractivity contribution is 5.89. The fourth-order valence-corrected chi connectivity index (χ4v) is 5.04. The number of anilines is 1. The number of aliphatic hydroxyl groups excluding tert-OH is 1. The van der Waals surface area contributed by atoms with Crippen molar-refractivity contribution >= 4 is 17.6 Å². The van der Waals surface area contributed by atoms with E-state index in [-0.39, 0.29) is 31.0 Å². The lowest BCUT2D eigenvalue weighted by Crippen LogP contribution is -2.47. The van der Waals surface area contributed by atoms with Crippen LogP contribution in [0.25, 0.3) is 0 Å². The van der Waals surface area contributed by atoms with Crippen LogP contribution >= 0.6 is 0 Å². The molecule has 2 aliphatic heterocycles. The number of hydrogen-bond donors (Lipinski definition) is 4. The van der Waals surface area contributed by atoms with E-state index in [0.29, 0.717) is 17.9 Å². The number of carbonyl (C=O) groups is 2. The number of nitrogens with one attached hydrogen (secondary N) is 3. The van der Waals surface area contributed by atoms with Crippen LogP contribution < -0.4 is 20.7 Å². The van der Waals surface area contributed by atoms with Crippen LogP contribution in [0.1, 0.15) is 56.4 Å². The third kappa shape index (κ3) is 6.12. The molecule has 4 N–H and O–H groups in total. The minimum atomic E-state index is -4.49. The van der Waals surface area contributed by atoms with Gasteiger partial charge in [0.2, 0.25) is 5.91 Å². The molecule has 3 amide bonds. The molecule has 4 atom stereocenters. The van der Waals surface area contributed by atoms with Crippen LogP contribution in [0.3, 0.4) is 0 Å². The summed E-state index contributed by atoms with van der Waals surface area (Å²) in [7, 11) is 0. The van der Waals surface area contributed by atoms with E-state index < -0.39 is 36.9 Å². The number of amides is 3. The number of rotatable bonds is 6. The van der Waals surface area contributed by atoms with Crippen molar-refractivity contribution in [3.05, 3.63) is 23.8 Å². The van der Waals surface area contributed by atoms with Crippen LogP contribution in [-0.2, 0) is 9.53 Å². The van der Waals surface area contributed by atoms with Crippen LogP contribution in [-0.4, -0.2) is 60.7 Å². The Morgan fingerprint density at radius 1 is 1.15 bits per heavy atom. The summed E-state index contributed by atoms with van der Waals surface area (Å²) in [4.78, 5) is 24.4. The largest absolute Gasteiger partial charge is 0.487 e. The summed E-state index contributed by atoms with van der Waals surface area (Å²) in [6.45, 7) is -1.76. The number of hydrogen-bond acceptors (Lipinski definition) is 5. The van der Waals surface area contributed by atoms with Crippen molar-refractivity contribution in [2.24, 2.45) is 0 Å². The van der Waals surface area contributed by atoms with Gasteiger partial charge >= 0.3 is 12.2 Å². The topological polar surface area (TPSA) is 109 Å². The molecular formula is C23H30F3N3O5. The number of alkyl halides is 3. The van der Waals surface area contributed by atoms with Gasteiger partial charge in [-0.3, -0.25) is 4.79 Å². The number of halogens is 3. The Morgan fingerprint density at radius 2 is 1.91 bits per heavy atom. The van der Waals surface area contributed by atoms with Crippen molar-refractivity contribution in [2.75, 3.05) is 18.5 Å². The summed E-state index contributed by atoms with van der Waals surface area (Å²) >= 11 is 0. The Hall–Kier alpha value is -2.53. The highest BCUT2D eigenvalue weighted by Gasteiger charge is 2.46. The van der Waals surface area contributed by atoms with Gasteiger partial charge in [0.05, 0.1) is 19.1 Å². The van der Waals surface area contributed by atoms with Gasteiger partial charge in [-0.2, -0.15) is 13.2 Å². The molecule has 34 heavy (non-hydrogen) atoms. The predicted molar refractivity (Wildman–Crippen MR) is 117 cm³/mol. The average molecular weight is 486 g/mol. The number of aliphatic hydroxyl groups is 1. The molecule has 0 radical (unpaired) electrons. The zero-order valence-corrected chi connectivity index (χ0v) is 18.7. The monoisotopic (exact) mass is 485 g/mol. The van der Waals surface area contributed by atoms with E-state index in [1.807, 2.05) is 5.32 Å². The van der Waals surface area contributed by atoms with Gasteiger partial charge in [-0.05, 0) is 37.5 Å². The van der Waals surface area contributed by atoms with Crippen molar-refractivity contribution in [3.63, 3.8) is 0 Å². The van der Waals surface area contributed by atoms with E-state index in [2.05, 4.69) is 10.6 Å². The zero-order valence-electron chi connectivity index (χ0n) is 18.7. The van der Waals surface area contributed by atoms with E-state index in [9.17, 15) is 27.9 Å². The third-order valence-corrected chi connectivity index (χ3v) is 6.60. The fraction of sp³-hybridized carbons (Fsp3) is 0.652. The molecule has 1 aromatic carbocycles. The molecule has 0 aromatic heterocycles. The van der Waals surface area contributed by atoms with Crippen molar-refractivity contribution in [1.82, 2.24) is 10.6 Å². The molecule has 2 heterocycles. The Morgan fingerprint density at radius 3 is 2.62 bits per heavy atom. The lowest BCUT2D eigenvalue weighted by Gasteiger charge is -2.37. The molecule has 1 aliphatic carbocycles. The molecule has 8 nitrogen and oxygen atoms in total. The third-order valence-electron chi connectivity index (χ3n) is 6.60. The number of carbonyl (C=O) groups excluding carboxylic acids is 2. The van der Waals surface area contributed by atoms with Crippen LogP contribution in [0.2, 0.25) is 0 Å². The van der Waals surface area contributed by atoms with Crippen LogP contribution in [0, 0.1) is 0 Å². The van der Waals surface area contributed by atoms with Crippen molar-refractivity contribution in [1.29, 1.82) is 0 Å². The smallest absolute Gasteiger partial charge is 0.405 e. The van der Waals surface area contributed by atoms with E-state index in [1.54, 1.807) is 18.2 Å². The van der Waals surface area contributed by atoms with Gasteiger partial charge in [0.1, 0.15) is 24.5 Å². The van der Waals surface area contributed by atoms with Crippen LogP contribution in [0.15, 0.2) is 18.2 Å². The van der Waals surface area contributed by atoms with Gasteiger partial charge in [-0.25, -0.2) is 4.79 Å². The second-order valence-corrected chi connectivity index (χ2v) is 9.19. The summed E-state index contributed by atoms with van der Waals surface area (Å²) in [6, 6.07) is 5.17. The first-order valence-corrected chi connectivity index (χ1v) is 11.7. The first-order valence-electron chi connectivity index (χ1n) is 11.7. The van der Waals surface area contributed by atoms with Crippen molar-refractivity contribution < 1.29 is 37.3 Å². The molecule has 0 spiro atoms. The average Bonchev–Trinajstić information content (AvgIpc) is 3.15. The van der Waals surface area contributed by atoms with E-state index in [1.165, 1.54) is 6.42 Å². The first-order chi connectivity index (χ1) is 16.2.